The van der Waals surface area contributed by atoms with Gasteiger partial charge in [0.15, 0.2) is 0 Å². The Morgan fingerprint density at radius 3 is 2.68 bits per heavy atom. The lowest BCUT2D eigenvalue weighted by atomic mass is 10.0. The highest BCUT2D eigenvalue weighted by molar-refractivity contribution is 5.92. The molecule has 1 atom stereocenters. The van der Waals surface area contributed by atoms with Gasteiger partial charge in [-0.15, -0.1) is 0 Å². The summed E-state index contributed by atoms with van der Waals surface area (Å²) in [5, 5.41) is 11.2. The fourth-order valence-electron chi connectivity index (χ4n) is 3.59. The van der Waals surface area contributed by atoms with E-state index in [1.54, 1.807) is 11.1 Å². The van der Waals surface area contributed by atoms with Crippen molar-refractivity contribution in [2.75, 3.05) is 13.1 Å². The molecule has 0 bridgehead atoms. The molecule has 1 unspecified atom stereocenters. The maximum atomic E-state index is 12.5. The van der Waals surface area contributed by atoms with Gasteiger partial charge in [-0.2, -0.15) is 5.26 Å². The van der Waals surface area contributed by atoms with Gasteiger partial charge in [0.05, 0.1) is 18.2 Å². The maximum Gasteiger partial charge on any atom is 0.410 e. The van der Waals surface area contributed by atoms with Gasteiger partial charge in [-0.1, -0.05) is 0 Å². The zero-order valence-electron chi connectivity index (χ0n) is 19.2. The van der Waals surface area contributed by atoms with Gasteiger partial charge < -0.3 is 19.1 Å². The van der Waals surface area contributed by atoms with Crippen LogP contribution in [0.5, 0.6) is 11.6 Å². The monoisotopic (exact) mass is 425 g/mol. The molecule has 0 saturated carbocycles. The number of benzene rings is 1. The molecule has 7 nitrogen and oxygen atoms in total. The third-order valence-corrected chi connectivity index (χ3v) is 4.94. The second-order valence-electron chi connectivity index (χ2n) is 9.23. The van der Waals surface area contributed by atoms with E-state index in [2.05, 4.69) is 11.1 Å². The van der Waals surface area contributed by atoms with Crippen LogP contribution in [-0.2, 0) is 4.74 Å². The zero-order valence-corrected chi connectivity index (χ0v) is 19.2. The molecular weight excluding hydrogens is 394 g/mol. The Bertz CT molecular complexity index is 1000. The van der Waals surface area contributed by atoms with Gasteiger partial charge >= 0.3 is 6.09 Å². The van der Waals surface area contributed by atoms with Gasteiger partial charge in [0.25, 0.3) is 0 Å². The second kappa shape index (κ2) is 9.01. The van der Waals surface area contributed by atoms with Crippen LogP contribution < -0.4 is 9.47 Å². The molecule has 1 fully saturated rings. The molecule has 166 valence electrons. The van der Waals surface area contributed by atoms with Gasteiger partial charge in [-0.3, -0.25) is 0 Å². The van der Waals surface area contributed by atoms with Crippen LogP contribution in [0.1, 0.15) is 58.6 Å². The molecule has 1 aliphatic heterocycles. The number of aryl methyl sites for hydroxylation is 1. The topological polar surface area (TPSA) is 84.7 Å². The van der Waals surface area contributed by atoms with Crippen LogP contribution in [0.2, 0.25) is 0 Å². The molecule has 2 aromatic rings. The van der Waals surface area contributed by atoms with Crippen LogP contribution >= 0.6 is 0 Å². The molecular formula is C24H31N3O4. The summed E-state index contributed by atoms with van der Waals surface area (Å²) >= 11 is 0. The number of fused-ring (bicyclic) bond motifs is 1. The predicted octanol–water partition coefficient (Wildman–Crippen LogP) is 4.98. The summed E-state index contributed by atoms with van der Waals surface area (Å²) in [7, 11) is 0. The van der Waals surface area contributed by atoms with Crippen molar-refractivity contribution in [2.24, 2.45) is 0 Å². The summed E-state index contributed by atoms with van der Waals surface area (Å²) < 4.78 is 17.6. The molecule has 31 heavy (non-hydrogen) atoms. The van der Waals surface area contributed by atoms with Crippen LogP contribution in [-0.4, -0.2) is 46.9 Å². The fourth-order valence-corrected chi connectivity index (χ4v) is 3.59. The van der Waals surface area contributed by atoms with E-state index >= 15 is 0 Å². The fraction of sp³-hybridized carbons (Fsp3) is 0.542. The number of carbonyl (C=O) groups excluding carboxylic acids is 1. The molecule has 1 aromatic heterocycles. The van der Waals surface area contributed by atoms with Gasteiger partial charge in [0.1, 0.15) is 23.5 Å². The molecule has 3 rings (SSSR count). The van der Waals surface area contributed by atoms with Gasteiger partial charge in [-0.05, 0) is 77.5 Å². The highest BCUT2D eigenvalue weighted by Crippen LogP contribution is 2.34. The van der Waals surface area contributed by atoms with E-state index in [0.29, 0.717) is 30.3 Å². The van der Waals surface area contributed by atoms with E-state index in [1.807, 2.05) is 53.7 Å². The molecule has 1 saturated heterocycles. The van der Waals surface area contributed by atoms with Crippen molar-refractivity contribution in [3.8, 4) is 17.7 Å². The molecule has 1 aliphatic rings. The van der Waals surface area contributed by atoms with E-state index < -0.39 is 5.60 Å². The number of amides is 1. The highest BCUT2D eigenvalue weighted by Gasteiger charge is 2.29. The van der Waals surface area contributed by atoms with E-state index in [1.165, 1.54) is 0 Å². The molecule has 7 heteroatoms. The lowest BCUT2D eigenvalue weighted by molar-refractivity contribution is 0.00743. The standard InChI is InChI=1S/C24H31N3O4/c1-15(2)29-21-11-20-19(10-17(21)12-25)16(3)13-26-22(20)30-18-8-7-9-27(14-18)23(28)31-24(4,5)6/h10-11,13,15,18H,7-9,14H2,1-6H3. The Morgan fingerprint density at radius 1 is 1.29 bits per heavy atom. The first kappa shape index (κ1) is 22.7. The Hall–Kier alpha value is -3.01. The van der Waals surface area contributed by atoms with Gasteiger partial charge in [0.2, 0.25) is 5.88 Å². The number of carbonyl (C=O) groups is 1. The third kappa shape index (κ3) is 5.57. The lowest BCUT2D eigenvalue weighted by Gasteiger charge is -2.34. The minimum absolute atomic E-state index is 0.0626. The van der Waals surface area contributed by atoms with E-state index in [0.717, 1.165) is 29.2 Å². The number of likely N-dealkylation sites (tertiary alicyclic amines) is 1. The maximum absolute atomic E-state index is 12.5. The number of nitriles is 1. The van der Waals surface area contributed by atoms with Crippen LogP contribution in [0.15, 0.2) is 18.3 Å². The van der Waals surface area contributed by atoms with E-state index in [-0.39, 0.29) is 18.3 Å². The highest BCUT2D eigenvalue weighted by atomic mass is 16.6. The average Bonchev–Trinajstić information content (AvgIpc) is 2.68. The largest absolute Gasteiger partial charge is 0.490 e. The van der Waals surface area contributed by atoms with Crippen molar-refractivity contribution in [3.05, 3.63) is 29.5 Å². The number of pyridine rings is 1. The average molecular weight is 426 g/mol. The minimum atomic E-state index is -0.537. The van der Waals surface area contributed by atoms with Crippen molar-refractivity contribution in [2.45, 2.75) is 72.2 Å². The van der Waals surface area contributed by atoms with Crippen molar-refractivity contribution in [3.63, 3.8) is 0 Å². The SMILES string of the molecule is Cc1cnc(OC2CCCN(C(=O)OC(C)(C)C)C2)c2cc(OC(C)C)c(C#N)cc12. The van der Waals surface area contributed by atoms with Crippen LogP contribution in [0, 0.1) is 18.3 Å². The molecule has 1 amide bonds. The molecule has 0 N–H and O–H groups in total. The summed E-state index contributed by atoms with van der Waals surface area (Å²) in [6.45, 7) is 12.5. The predicted molar refractivity (Wildman–Crippen MR) is 118 cm³/mol. The summed E-state index contributed by atoms with van der Waals surface area (Å²) in [4.78, 5) is 18.7. The van der Waals surface area contributed by atoms with Crippen molar-refractivity contribution >= 4 is 16.9 Å². The van der Waals surface area contributed by atoms with Crippen molar-refractivity contribution < 1.29 is 19.0 Å². The molecule has 1 aromatic carbocycles. The van der Waals surface area contributed by atoms with Crippen molar-refractivity contribution in [1.29, 1.82) is 5.26 Å². The minimum Gasteiger partial charge on any atom is -0.490 e. The smallest absolute Gasteiger partial charge is 0.410 e. The molecule has 0 radical (unpaired) electrons. The number of nitrogens with zero attached hydrogens (tertiary/aromatic N) is 3. The Balaban J connectivity index is 1.88. The number of ether oxygens (including phenoxy) is 3. The van der Waals surface area contributed by atoms with E-state index in [9.17, 15) is 10.1 Å². The molecule has 0 spiro atoms. The lowest BCUT2D eigenvalue weighted by Crippen LogP contribution is -2.46. The normalized spacial score (nSPS) is 16.8. The van der Waals surface area contributed by atoms with Crippen LogP contribution in [0.3, 0.4) is 0 Å². The summed E-state index contributed by atoms with van der Waals surface area (Å²) in [5.74, 6) is 0.996. The number of aromatic nitrogens is 1. The first-order chi connectivity index (χ1) is 14.6. The zero-order chi connectivity index (χ0) is 22.8. The Labute approximate surface area is 183 Å². The van der Waals surface area contributed by atoms with Gasteiger partial charge in [-0.25, -0.2) is 9.78 Å². The first-order valence-electron chi connectivity index (χ1n) is 10.7. The second-order valence-corrected chi connectivity index (χ2v) is 9.23. The van der Waals surface area contributed by atoms with Gasteiger partial charge in [0, 0.05) is 18.1 Å². The summed E-state index contributed by atoms with van der Waals surface area (Å²) in [6.07, 6.45) is 2.82. The number of rotatable bonds is 4. The number of piperidine rings is 1. The molecule has 2 heterocycles. The third-order valence-electron chi connectivity index (χ3n) is 4.94. The molecule has 0 aliphatic carbocycles. The first-order valence-corrected chi connectivity index (χ1v) is 10.7. The number of hydrogen-bond donors (Lipinski definition) is 0. The Kier molecular flexibility index (Phi) is 6.59. The quantitative estimate of drug-likeness (QED) is 0.687. The Morgan fingerprint density at radius 2 is 2.03 bits per heavy atom. The summed E-state index contributed by atoms with van der Waals surface area (Å²) in [5.41, 5.74) is 0.898. The van der Waals surface area contributed by atoms with Crippen LogP contribution in [0.25, 0.3) is 10.8 Å². The van der Waals surface area contributed by atoms with Crippen molar-refractivity contribution in [1.82, 2.24) is 9.88 Å². The van der Waals surface area contributed by atoms with Crippen LogP contribution in [0.4, 0.5) is 4.79 Å². The number of hydrogen-bond acceptors (Lipinski definition) is 6. The summed E-state index contributed by atoms with van der Waals surface area (Å²) in [6, 6.07) is 5.87. The van der Waals surface area contributed by atoms with E-state index in [4.69, 9.17) is 14.2 Å².